The molecule has 0 unspecified atom stereocenters. The Morgan fingerprint density at radius 3 is 2.61 bits per heavy atom. The van der Waals surface area contributed by atoms with Gasteiger partial charge in [-0.2, -0.15) is 0 Å². The lowest BCUT2D eigenvalue weighted by atomic mass is 10.1. The fourth-order valence-electron chi connectivity index (χ4n) is 3.35. The molecule has 2 aromatic heterocycles. The number of aromatic nitrogens is 3. The molecule has 8 heteroatoms. The molecule has 2 heterocycles. The third-order valence-corrected chi connectivity index (χ3v) is 4.76. The fourth-order valence-corrected chi connectivity index (χ4v) is 3.35. The number of para-hydroxylation sites is 1. The van der Waals surface area contributed by atoms with Gasteiger partial charge in [0.25, 0.3) is 5.69 Å². The smallest absolute Gasteiger partial charge is 0.294 e. The third-order valence-electron chi connectivity index (χ3n) is 4.76. The molecule has 0 aliphatic heterocycles. The Morgan fingerprint density at radius 1 is 1.11 bits per heavy atom. The van der Waals surface area contributed by atoms with Crippen molar-refractivity contribution >= 4 is 28.0 Å². The highest BCUT2D eigenvalue weighted by Crippen LogP contribution is 2.35. The number of hydrogen-bond acceptors (Lipinski definition) is 6. The van der Waals surface area contributed by atoms with Gasteiger partial charge < -0.3 is 16.0 Å². The number of aryl methyl sites for hydroxylation is 2. The van der Waals surface area contributed by atoms with E-state index in [2.05, 4.69) is 4.98 Å². The molecule has 0 amide bonds. The van der Waals surface area contributed by atoms with Crippen LogP contribution < -0.4 is 11.5 Å². The average molecular weight is 374 g/mol. The molecule has 140 valence electrons. The molecule has 0 saturated heterocycles. The maximum absolute atomic E-state index is 11.1. The van der Waals surface area contributed by atoms with E-state index in [0.717, 1.165) is 27.7 Å². The van der Waals surface area contributed by atoms with Crippen molar-refractivity contribution in [3.05, 3.63) is 64.5 Å². The van der Waals surface area contributed by atoms with Crippen LogP contribution in [0.2, 0.25) is 0 Å². The molecule has 4 aromatic rings. The average Bonchev–Trinajstić information content (AvgIpc) is 3.00. The molecule has 28 heavy (non-hydrogen) atoms. The van der Waals surface area contributed by atoms with Gasteiger partial charge in [-0.1, -0.05) is 18.2 Å². The van der Waals surface area contributed by atoms with E-state index in [1.54, 1.807) is 6.20 Å². The van der Waals surface area contributed by atoms with E-state index in [0.29, 0.717) is 11.4 Å². The quantitative estimate of drug-likeness (QED) is 0.320. The monoisotopic (exact) mass is 374 g/mol. The minimum Gasteiger partial charge on any atom is -0.398 e. The lowest BCUT2D eigenvalue weighted by Gasteiger charge is -2.10. The van der Waals surface area contributed by atoms with E-state index in [1.807, 2.05) is 49.0 Å². The normalized spacial score (nSPS) is 11.1. The number of benzene rings is 2. The van der Waals surface area contributed by atoms with E-state index in [-0.39, 0.29) is 17.1 Å². The van der Waals surface area contributed by atoms with Crippen LogP contribution in [-0.4, -0.2) is 19.5 Å². The standard InChI is InChI=1S/C20H18N6O2/c1-11-9-23-20(13-7-16(22)18(26(27)28)8-15(13)21)24-19(11)14-10-25(2)17-6-4-3-5-12(14)17/h3-10H,21-22H2,1-2H3. The first-order valence-corrected chi connectivity index (χ1v) is 8.58. The highest BCUT2D eigenvalue weighted by Gasteiger charge is 2.19. The first kappa shape index (κ1) is 17.5. The number of nitrogen functional groups attached to an aromatic ring is 2. The minimum atomic E-state index is -0.562. The number of nitro benzene ring substituents is 1. The van der Waals surface area contributed by atoms with Gasteiger partial charge in [0.1, 0.15) is 5.69 Å². The van der Waals surface area contributed by atoms with Crippen molar-refractivity contribution in [1.29, 1.82) is 0 Å². The summed E-state index contributed by atoms with van der Waals surface area (Å²) in [6, 6.07) is 10.8. The van der Waals surface area contributed by atoms with Gasteiger partial charge in [-0.05, 0) is 24.6 Å². The molecule has 0 bridgehead atoms. The van der Waals surface area contributed by atoms with Crippen LogP contribution in [-0.2, 0) is 7.05 Å². The van der Waals surface area contributed by atoms with Gasteiger partial charge in [0.15, 0.2) is 5.82 Å². The van der Waals surface area contributed by atoms with Gasteiger partial charge in [-0.15, -0.1) is 0 Å². The van der Waals surface area contributed by atoms with Gasteiger partial charge in [0.2, 0.25) is 0 Å². The van der Waals surface area contributed by atoms with Gasteiger partial charge in [-0.3, -0.25) is 10.1 Å². The van der Waals surface area contributed by atoms with Crippen molar-refractivity contribution in [2.45, 2.75) is 6.92 Å². The zero-order valence-electron chi connectivity index (χ0n) is 15.4. The fraction of sp³-hybridized carbons (Fsp3) is 0.100. The molecular formula is C20H18N6O2. The lowest BCUT2D eigenvalue weighted by molar-refractivity contribution is -0.383. The van der Waals surface area contributed by atoms with E-state index in [1.165, 1.54) is 12.1 Å². The number of nitrogens with zero attached hydrogens (tertiary/aromatic N) is 4. The molecule has 8 nitrogen and oxygen atoms in total. The maximum atomic E-state index is 11.1. The van der Waals surface area contributed by atoms with E-state index in [9.17, 15) is 10.1 Å². The van der Waals surface area contributed by atoms with Crippen LogP contribution in [0, 0.1) is 17.0 Å². The molecule has 2 aromatic carbocycles. The number of nitro groups is 1. The Bertz CT molecular complexity index is 1250. The van der Waals surface area contributed by atoms with Gasteiger partial charge >= 0.3 is 0 Å². The zero-order chi connectivity index (χ0) is 20.0. The van der Waals surface area contributed by atoms with E-state index in [4.69, 9.17) is 16.5 Å². The van der Waals surface area contributed by atoms with E-state index >= 15 is 0 Å². The van der Waals surface area contributed by atoms with Crippen molar-refractivity contribution in [2.24, 2.45) is 7.05 Å². The Hall–Kier alpha value is -3.94. The number of rotatable bonds is 3. The summed E-state index contributed by atoms with van der Waals surface area (Å²) in [6.07, 6.45) is 3.74. The summed E-state index contributed by atoms with van der Waals surface area (Å²) in [5, 5.41) is 12.1. The lowest BCUT2D eigenvalue weighted by Crippen LogP contribution is -2.02. The summed E-state index contributed by atoms with van der Waals surface area (Å²) in [5.74, 6) is 0.368. The van der Waals surface area contributed by atoms with Gasteiger partial charge in [0, 0.05) is 53.2 Å². The van der Waals surface area contributed by atoms with E-state index < -0.39 is 4.92 Å². The molecule has 0 spiro atoms. The second kappa shape index (κ2) is 6.34. The number of hydrogen-bond donors (Lipinski definition) is 2. The highest BCUT2D eigenvalue weighted by atomic mass is 16.6. The second-order valence-electron chi connectivity index (χ2n) is 6.65. The van der Waals surface area contributed by atoms with Crippen LogP contribution in [0.1, 0.15) is 5.56 Å². The molecule has 4 N–H and O–H groups in total. The molecule has 0 fully saturated rings. The summed E-state index contributed by atoms with van der Waals surface area (Å²) in [5.41, 5.74) is 16.1. The first-order chi connectivity index (χ1) is 13.4. The summed E-state index contributed by atoms with van der Waals surface area (Å²) < 4.78 is 2.05. The highest BCUT2D eigenvalue weighted by molar-refractivity contribution is 5.96. The van der Waals surface area contributed by atoms with Crippen LogP contribution in [0.5, 0.6) is 0 Å². The molecule has 0 aliphatic rings. The van der Waals surface area contributed by atoms with Gasteiger partial charge in [0.05, 0.1) is 10.6 Å². The summed E-state index contributed by atoms with van der Waals surface area (Å²) in [4.78, 5) is 19.6. The van der Waals surface area contributed by atoms with Crippen molar-refractivity contribution in [2.75, 3.05) is 11.5 Å². The van der Waals surface area contributed by atoms with Crippen LogP contribution in [0.3, 0.4) is 0 Å². The predicted molar refractivity (Wildman–Crippen MR) is 110 cm³/mol. The Balaban J connectivity index is 1.91. The SMILES string of the molecule is Cc1cnc(-c2cc(N)c([N+](=O)[O-])cc2N)nc1-c1cn(C)c2ccccc12. The summed E-state index contributed by atoms with van der Waals surface area (Å²) in [7, 11) is 1.98. The van der Waals surface area contributed by atoms with Crippen LogP contribution >= 0.6 is 0 Å². The number of anilines is 2. The van der Waals surface area contributed by atoms with Crippen LogP contribution in [0.25, 0.3) is 33.5 Å². The van der Waals surface area contributed by atoms with Crippen LogP contribution in [0.4, 0.5) is 17.1 Å². The van der Waals surface area contributed by atoms with Crippen molar-refractivity contribution < 1.29 is 4.92 Å². The Morgan fingerprint density at radius 2 is 1.86 bits per heavy atom. The molecule has 0 atom stereocenters. The maximum Gasteiger partial charge on any atom is 0.294 e. The topological polar surface area (TPSA) is 126 Å². The van der Waals surface area contributed by atoms with Crippen LogP contribution in [0.15, 0.2) is 48.8 Å². The summed E-state index contributed by atoms with van der Waals surface area (Å²) in [6.45, 7) is 1.94. The largest absolute Gasteiger partial charge is 0.398 e. The number of nitrogens with two attached hydrogens (primary N) is 2. The van der Waals surface area contributed by atoms with Crippen molar-refractivity contribution in [3.63, 3.8) is 0 Å². The first-order valence-electron chi connectivity index (χ1n) is 8.58. The molecular weight excluding hydrogens is 356 g/mol. The van der Waals surface area contributed by atoms with Crippen molar-refractivity contribution in [1.82, 2.24) is 14.5 Å². The van der Waals surface area contributed by atoms with Crippen molar-refractivity contribution in [3.8, 4) is 22.6 Å². The Kier molecular flexibility index (Phi) is 3.96. The molecule has 0 saturated carbocycles. The molecule has 4 rings (SSSR count). The molecule has 0 radical (unpaired) electrons. The molecule has 0 aliphatic carbocycles. The summed E-state index contributed by atoms with van der Waals surface area (Å²) >= 11 is 0. The number of fused-ring (bicyclic) bond motifs is 1. The zero-order valence-corrected chi connectivity index (χ0v) is 15.4. The second-order valence-corrected chi connectivity index (χ2v) is 6.65. The third kappa shape index (κ3) is 2.71. The Labute approximate surface area is 160 Å². The van der Waals surface area contributed by atoms with Gasteiger partial charge in [-0.25, -0.2) is 9.97 Å². The predicted octanol–water partition coefficient (Wildman–Crippen LogP) is 3.68. The minimum absolute atomic E-state index is 0.0186.